The summed E-state index contributed by atoms with van der Waals surface area (Å²) in [4.78, 5) is 0. The van der Waals surface area contributed by atoms with Gasteiger partial charge in [-0.2, -0.15) is 5.26 Å². The van der Waals surface area contributed by atoms with Crippen molar-refractivity contribution < 1.29 is 13.5 Å². The van der Waals surface area contributed by atoms with Crippen molar-refractivity contribution in [2.45, 2.75) is 26.4 Å². The zero-order chi connectivity index (χ0) is 14.3. The largest absolute Gasteiger partial charge is 0.387 e. The monoisotopic (exact) mass is 279 g/mol. The first-order chi connectivity index (χ1) is 8.80. The molecule has 1 saturated heterocycles. The number of sulfone groups is 1. The minimum absolute atomic E-state index is 0.0253. The smallest absolute Gasteiger partial charge is 0.152 e. The Balaban J connectivity index is 2.40. The number of benzene rings is 1. The van der Waals surface area contributed by atoms with E-state index in [0.29, 0.717) is 5.56 Å². The lowest BCUT2D eigenvalue weighted by molar-refractivity contribution is 0.0793. The van der Waals surface area contributed by atoms with Crippen molar-refractivity contribution >= 4 is 9.84 Å². The lowest BCUT2D eigenvalue weighted by Gasteiger charge is -2.26. The van der Waals surface area contributed by atoms with E-state index in [9.17, 15) is 18.8 Å². The maximum atomic E-state index is 11.6. The van der Waals surface area contributed by atoms with Crippen molar-refractivity contribution in [2.75, 3.05) is 11.5 Å². The number of aryl methyl sites for hydroxylation is 2. The van der Waals surface area contributed by atoms with Crippen molar-refractivity contribution in [3.8, 4) is 6.07 Å². The molecule has 0 aromatic heterocycles. The molecule has 0 spiro atoms. The molecule has 5 heteroatoms. The first-order valence-corrected chi connectivity index (χ1v) is 7.99. The second kappa shape index (κ2) is 4.62. The van der Waals surface area contributed by atoms with Gasteiger partial charge in [0, 0.05) is 0 Å². The van der Waals surface area contributed by atoms with Gasteiger partial charge in [0.25, 0.3) is 0 Å². The molecule has 1 aromatic carbocycles. The van der Waals surface area contributed by atoms with Crippen LogP contribution < -0.4 is 0 Å². The number of nitrogens with zero attached hydrogens (tertiary/aromatic N) is 1. The first kappa shape index (κ1) is 14.0. The summed E-state index contributed by atoms with van der Waals surface area (Å²) in [5, 5.41) is 19.8. The molecule has 1 heterocycles. The number of rotatable bonds is 2. The van der Waals surface area contributed by atoms with Crippen molar-refractivity contribution in [1.29, 1.82) is 5.26 Å². The first-order valence-electron chi connectivity index (χ1n) is 6.16. The number of hydrogen-bond donors (Lipinski definition) is 1. The van der Waals surface area contributed by atoms with Gasteiger partial charge in [0.05, 0.1) is 23.7 Å². The minimum Gasteiger partial charge on any atom is -0.387 e. The van der Waals surface area contributed by atoms with Crippen LogP contribution in [0.5, 0.6) is 0 Å². The van der Waals surface area contributed by atoms with Crippen molar-refractivity contribution in [1.82, 2.24) is 0 Å². The van der Waals surface area contributed by atoms with Gasteiger partial charge in [0.1, 0.15) is 5.41 Å². The highest BCUT2D eigenvalue weighted by Gasteiger charge is 2.48. The number of aliphatic hydroxyl groups excluding tert-OH is 1. The molecule has 19 heavy (non-hydrogen) atoms. The molecule has 0 amide bonds. The van der Waals surface area contributed by atoms with Crippen LogP contribution in [0.3, 0.4) is 0 Å². The van der Waals surface area contributed by atoms with E-state index in [0.717, 1.165) is 11.1 Å². The molecule has 2 unspecified atom stereocenters. The highest BCUT2D eigenvalue weighted by atomic mass is 32.2. The second-order valence-electron chi connectivity index (χ2n) is 5.36. The molecule has 0 bridgehead atoms. The molecule has 1 N–H and O–H groups in total. The summed E-state index contributed by atoms with van der Waals surface area (Å²) in [6, 6.07) is 7.50. The van der Waals surface area contributed by atoms with E-state index in [1.165, 1.54) is 0 Å². The third kappa shape index (κ3) is 2.51. The Hall–Kier alpha value is -1.38. The zero-order valence-corrected chi connectivity index (χ0v) is 11.9. The van der Waals surface area contributed by atoms with E-state index >= 15 is 0 Å². The highest BCUT2D eigenvalue weighted by molar-refractivity contribution is 7.91. The van der Waals surface area contributed by atoms with Crippen molar-refractivity contribution in [2.24, 2.45) is 5.41 Å². The normalized spacial score (nSPS) is 26.8. The van der Waals surface area contributed by atoms with Gasteiger partial charge < -0.3 is 5.11 Å². The Morgan fingerprint density at radius 1 is 1.37 bits per heavy atom. The van der Waals surface area contributed by atoms with E-state index in [2.05, 4.69) is 0 Å². The van der Waals surface area contributed by atoms with Crippen molar-refractivity contribution in [3.63, 3.8) is 0 Å². The average molecular weight is 279 g/mol. The molecule has 0 aliphatic carbocycles. The van der Waals surface area contributed by atoms with E-state index in [1.807, 2.05) is 32.0 Å². The van der Waals surface area contributed by atoms with Gasteiger partial charge in [-0.3, -0.25) is 0 Å². The van der Waals surface area contributed by atoms with E-state index < -0.39 is 21.4 Å². The maximum Gasteiger partial charge on any atom is 0.152 e. The fraction of sp³-hybridized carbons (Fsp3) is 0.500. The fourth-order valence-electron chi connectivity index (χ4n) is 2.49. The van der Waals surface area contributed by atoms with Crippen LogP contribution in [0.15, 0.2) is 18.2 Å². The van der Waals surface area contributed by atoms with Gasteiger partial charge in [-0.15, -0.1) is 0 Å². The van der Waals surface area contributed by atoms with Crippen LogP contribution in [0.2, 0.25) is 0 Å². The Morgan fingerprint density at radius 3 is 2.53 bits per heavy atom. The Labute approximate surface area is 113 Å². The Bertz CT molecular complexity index is 645. The second-order valence-corrected chi connectivity index (χ2v) is 7.54. The highest BCUT2D eigenvalue weighted by Crippen LogP contribution is 2.43. The summed E-state index contributed by atoms with van der Waals surface area (Å²) >= 11 is 0. The third-order valence-electron chi connectivity index (χ3n) is 3.93. The maximum absolute atomic E-state index is 11.6. The molecule has 1 aliphatic rings. The lowest BCUT2D eigenvalue weighted by Crippen LogP contribution is -2.29. The number of aliphatic hydroxyl groups is 1. The average Bonchev–Trinajstić information content (AvgIpc) is 2.69. The van der Waals surface area contributed by atoms with Crippen LogP contribution in [-0.4, -0.2) is 25.0 Å². The van der Waals surface area contributed by atoms with Crippen molar-refractivity contribution in [3.05, 3.63) is 34.9 Å². The minimum atomic E-state index is -3.22. The number of hydrogen-bond acceptors (Lipinski definition) is 4. The van der Waals surface area contributed by atoms with Gasteiger partial charge in [-0.25, -0.2) is 8.42 Å². The molecule has 0 radical (unpaired) electrons. The topological polar surface area (TPSA) is 78.2 Å². The Morgan fingerprint density at radius 2 is 2.05 bits per heavy atom. The van der Waals surface area contributed by atoms with Gasteiger partial charge in [-0.1, -0.05) is 18.2 Å². The van der Waals surface area contributed by atoms with Gasteiger partial charge in [0.15, 0.2) is 9.84 Å². The predicted molar refractivity (Wildman–Crippen MR) is 72.2 cm³/mol. The summed E-state index contributed by atoms with van der Waals surface area (Å²) in [7, 11) is -3.22. The standard InChI is InChI=1S/C14H17NO3S/c1-10-3-4-12(7-11(10)2)13(16)14(8-15)5-6-19(17,18)9-14/h3-4,7,13,16H,5-6,9H2,1-2H3. The van der Waals surface area contributed by atoms with Crippen LogP contribution in [-0.2, 0) is 9.84 Å². The molecule has 1 fully saturated rings. The van der Waals surface area contributed by atoms with Gasteiger partial charge in [-0.05, 0) is 37.0 Å². The van der Waals surface area contributed by atoms with Crippen LogP contribution in [0.4, 0.5) is 0 Å². The predicted octanol–water partition coefficient (Wildman–Crippen LogP) is 1.67. The quantitative estimate of drug-likeness (QED) is 0.893. The number of nitriles is 1. The van der Waals surface area contributed by atoms with Gasteiger partial charge in [0.2, 0.25) is 0 Å². The molecule has 1 aliphatic heterocycles. The summed E-state index contributed by atoms with van der Waals surface area (Å²) in [5.41, 5.74) is 1.52. The molecular weight excluding hydrogens is 262 g/mol. The summed E-state index contributed by atoms with van der Waals surface area (Å²) in [5.74, 6) is -0.285. The molecular formula is C14H17NO3S. The van der Waals surface area contributed by atoms with E-state index in [4.69, 9.17) is 0 Å². The fourth-order valence-corrected chi connectivity index (χ4v) is 4.46. The lowest BCUT2D eigenvalue weighted by atomic mass is 9.79. The molecule has 1 aromatic rings. The summed E-state index contributed by atoms with van der Waals surface area (Å²) < 4.78 is 23.2. The van der Waals surface area contributed by atoms with Crippen LogP contribution in [0, 0.1) is 30.6 Å². The van der Waals surface area contributed by atoms with Crippen LogP contribution in [0.1, 0.15) is 29.2 Å². The third-order valence-corrected chi connectivity index (χ3v) is 5.71. The molecule has 2 atom stereocenters. The molecule has 102 valence electrons. The summed E-state index contributed by atoms with van der Waals surface area (Å²) in [6.07, 6.45) is -0.867. The molecule has 0 saturated carbocycles. The van der Waals surface area contributed by atoms with Gasteiger partial charge >= 0.3 is 0 Å². The van der Waals surface area contributed by atoms with E-state index in [1.54, 1.807) is 6.07 Å². The summed E-state index contributed by atoms with van der Waals surface area (Å²) in [6.45, 7) is 3.89. The Kier molecular flexibility index (Phi) is 3.41. The van der Waals surface area contributed by atoms with Crippen LogP contribution in [0.25, 0.3) is 0 Å². The molecule has 4 nitrogen and oxygen atoms in total. The zero-order valence-electron chi connectivity index (χ0n) is 11.0. The SMILES string of the molecule is Cc1ccc(C(O)C2(C#N)CCS(=O)(=O)C2)cc1C. The van der Waals surface area contributed by atoms with E-state index in [-0.39, 0.29) is 17.9 Å². The molecule has 2 rings (SSSR count). The van der Waals surface area contributed by atoms with Crippen LogP contribution >= 0.6 is 0 Å².